The fourth-order valence-corrected chi connectivity index (χ4v) is 3.16. The van der Waals surface area contributed by atoms with Gasteiger partial charge in [0.15, 0.2) is 0 Å². The van der Waals surface area contributed by atoms with Crippen molar-refractivity contribution in [1.29, 1.82) is 0 Å². The number of benzene rings is 1. The third-order valence-corrected chi connectivity index (χ3v) is 4.08. The lowest BCUT2D eigenvalue weighted by Crippen LogP contribution is -2.21. The van der Waals surface area contributed by atoms with Crippen molar-refractivity contribution < 1.29 is 9.90 Å². The van der Waals surface area contributed by atoms with Gasteiger partial charge in [-0.1, -0.05) is 49.4 Å². The zero-order valence-electron chi connectivity index (χ0n) is 10.4. The number of aliphatic carboxylic acids is 1. The van der Waals surface area contributed by atoms with Gasteiger partial charge in [-0.2, -0.15) is 0 Å². The van der Waals surface area contributed by atoms with Gasteiger partial charge in [-0.25, -0.2) is 0 Å². The largest absolute Gasteiger partial charge is 0.481 e. The molecule has 0 heterocycles. The van der Waals surface area contributed by atoms with Gasteiger partial charge in [-0.15, -0.1) is 0 Å². The zero-order chi connectivity index (χ0) is 13.0. The molecular weight excluding hydrogens is 248 g/mol. The van der Waals surface area contributed by atoms with E-state index in [1.54, 1.807) is 12.1 Å². The molecule has 0 radical (unpaired) electrons. The van der Waals surface area contributed by atoms with E-state index in [-0.39, 0.29) is 5.92 Å². The van der Waals surface area contributed by atoms with Crippen molar-refractivity contribution >= 4 is 17.6 Å². The Morgan fingerprint density at radius 3 is 2.44 bits per heavy atom. The van der Waals surface area contributed by atoms with Gasteiger partial charge >= 0.3 is 5.97 Å². The van der Waals surface area contributed by atoms with E-state index < -0.39 is 11.9 Å². The van der Waals surface area contributed by atoms with Crippen molar-refractivity contribution in [3.05, 3.63) is 34.9 Å². The lowest BCUT2D eigenvalue weighted by atomic mass is 9.81. The van der Waals surface area contributed by atoms with Gasteiger partial charge in [0.25, 0.3) is 0 Å². The standard InChI is InChI=1S/C15H19ClO2/c16-13-9-5-8-12(10-13)14(15(17)18)11-6-3-1-2-4-7-11/h5,8-11,14H,1-4,6-7H2,(H,17,18)/t14-/m0/s1. The lowest BCUT2D eigenvalue weighted by Gasteiger charge is -2.23. The molecule has 2 rings (SSSR count). The third-order valence-electron chi connectivity index (χ3n) is 3.85. The van der Waals surface area contributed by atoms with Crippen LogP contribution in [0.2, 0.25) is 5.02 Å². The summed E-state index contributed by atoms with van der Waals surface area (Å²) in [5, 5.41) is 10.1. The maximum absolute atomic E-state index is 11.6. The molecule has 1 aliphatic carbocycles. The van der Waals surface area contributed by atoms with Crippen LogP contribution in [0.3, 0.4) is 0 Å². The highest BCUT2D eigenvalue weighted by atomic mass is 35.5. The Hall–Kier alpha value is -1.02. The highest BCUT2D eigenvalue weighted by molar-refractivity contribution is 6.30. The SMILES string of the molecule is O=C(O)[C@H](c1cccc(Cl)c1)C1CCCCCC1. The number of hydrogen-bond donors (Lipinski definition) is 1. The minimum absolute atomic E-state index is 0.253. The van der Waals surface area contributed by atoms with Crippen LogP contribution in [0.25, 0.3) is 0 Å². The van der Waals surface area contributed by atoms with Crippen LogP contribution in [0.4, 0.5) is 0 Å². The van der Waals surface area contributed by atoms with Crippen LogP contribution < -0.4 is 0 Å². The molecule has 0 bridgehead atoms. The molecule has 1 atom stereocenters. The molecule has 1 aliphatic rings. The van der Waals surface area contributed by atoms with Crippen molar-refractivity contribution in [2.75, 3.05) is 0 Å². The third kappa shape index (κ3) is 3.26. The second-order valence-electron chi connectivity index (χ2n) is 5.12. The van der Waals surface area contributed by atoms with Gasteiger partial charge in [0.05, 0.1) is 5.92 Å². The molecule has 1 aromatic carbocycles. The Balaban J connectivity index is 2.24. The van der Waals surface area contributed by atoms with Gasteiger partial charge < -0.3 is 5.11 Å². The average Bonchev–Trinajstić information content (AvgIpc) is 2.58. The number of carboxylic acid groups (broad SMARTS) is 1. The maximum Gasteiger partial charge on any atom is 0.311 e. The molecular formula is C15H19ClO2. The number of halogens is 1. The number of carbonyl (C=O) groups is 1. The van der Waals surface area contributed by atoms with E-state index >= 15 is 0 Å². The van der Waals surface area contributed by atoms with Crippen LogP contribution in [-0.4, -0.2) is 11.1 Å². The fraction of sp³-hybridized carbons (Fsp3) is 0.533. The zero-order valence-corrected chi connectivity index (χ0v) is 11.2. The Kier molecular flexibility index (Phi) is 4.65. The average molecular weight is 267 g/mol. The Morgan fingerprint density at radius 1 is 1.22 bits per heavy atom. The normalized spacial score (nSPS) is 19.2. The van der Waals surface area contributed by atoms with Gasteiger partial charge in [-0.05, 0) is 36.5 Å². The molecule has 0 amide bonds. The summed E-state index contributed by atoms with van der Waals surface area (Å²) in [5.41, 5.74) is 0.849. The van der Waals surface area contributed by atoms with Crippen LogP contribution in [0, 0.1) is 5.92 Å². The van der Waals surface area contributed by atoms with Crippen molar-refractivity contribution in [1.82, 2.24) is 0 Å². The summed E-state index contributed by atoms with van der Waals surface area (Å²) < 4.78 is 0. The molecule has 1 saturated carbocycles. The Morgan fingerprint density at radius 2 is 1.89 bits per heavy atom. The minimum Gasteiger partial charge on any atom is -0.481 e. The predicted molar refractivity (Wildman–Crippen MR) is 73.0 cm³/mol. The number of rotatable bonds is 3. The summed E-state index contributed by atoms with van der Waals surface area (Å²) in [4.78, 5) is 11.6. The van der Waals surface area contributed by atoms with E-state index in [2.05, 4.69) is 0 Å². The van der Waals surface area contributed by atoms with Crippen molar-refractivity contribution in [2.24, 2.45) is 5.92 Å². The molecule has 3 heteroatoms. The Bertz CT molecular complexity index is 409. The second-order valence-corrected chi connectivity index (χ2v) is 5.56. The molecule has 0 spiro atoms. The van der Waals surface area contributed by atoms with Gasteiger partial charge in [0.1, 0.15) is 0 Å². The van der Waals surface area contributed by atoms with E-state index in [0.717, 1.165) is 31.2 Å². The smallest absolute Gasteiger partial charge is 0.311 e. The van der Waals surface area contributed by atoms with Crippen LogP contribution in [0.5, 0.6) is 0 Å². The first-order valence-electron chi connectivity index (χ1n) is 6.67. The highest BCUT2D eigenvalue weighted by Gasteiger charge is 2.30. The van der Waals surface area contributed by atoms with E-state index in [0.29, 0.717) is 5.02 Å². The van der Waals surface area contributed by atoms with E-state index in [1.165, 1.54) is 12.8 Å². The molecule has 98 valence electrons. The van der Waals surface area contributed by atoms with Crippen LogP contribution in [0.15, 0.2) is 24.3 Å². The monoisotopic (exact) mass is 266 g/mol. The molecule has 18 heavy (non-hydrogen) atoms. The molecule has 0 saturated heterocycles. The predicted octanol–water partition coefficient (Wildman–Crippen LogP) is 4.48. The van der Waals surface area contributed by atoms with Crippen molar-refractivity contribution in [3.63, 3.8) is 0 Å². The van der Waals surface area contributed by atoms with Gasteiger partial charge in [0.2, 0.25) is 0 Å². The summed E-state index contributed by atoms with van der Waals surface area (Å²) in [6, 6.07) is 7.31. The highest BCUT2D eigenvalue weighted by Crippen LogP contribution is 2.36. The van der Waals surface area contributed by atoms with E-state index in [1.807, 2.05) is 12.1 Å². The van der Waals surface area contributed by atoms with Crippen LogP contribution >= 0.6 is 11.6 Å². The molecule has 2 nitrogen and oxygen atoms in total. The van der Waals surface area contributed by atoms with Crippen LogP contribution in [-0.2, 0) is 4.79 Å². The minimum atomic E-state index is -0.718. The first kappa shape index (κ1) is 13.4. The fourth-order valence-electron chi connectivity index (χ4n) is 2.96. The molecule has 0 unspecified atom stereocenters. The first-order valence-corrected chi connectivity index (χ1v) is 7.04. The number of hydrogen-bond acceptors (Lipinski definition) is 1. The van der Waals surface area contributed by atoms with E-state index in [4.69, 9.17) is 11.6 Å². The first-order chi connectivity index (χ1) is 8.68. The lowest BCUT2D eigenvalue weighted by molar-refractivity contribution is -0.140. The molecule has 1 N–H and O–H groups in total. The summed E-state index contributed by atoms with van der Waals surface area (Å²) in [7, 11) is 0. The maximum atomic E-state index is 11.6. The Labute approximate surface area is 113 Å². The van der Waals surface area contributed by atoms with Gasteiger partial charge in [0, 0.05) is 5.02 Å². The quantitative estimate of drug-likeness (QED) is 0.819. The molecule has 0 aliphatic heterocycles. The second kappa shape index (κ2) is 6.24. The molecule has 1 fully saturated rings. The summed E-state index contributed by atoms with van der Waals surface area (Å²) in [5.74, 6) is -0.866. The van der Waals surface area contributed by atoms with Crippen molar-refractivity contribution in [2.45, 2.75) is 44.4 Å². The molecule has 1 aromatic rings. The summed E-state index contributed by atoms with van der Waals surface area (Å²) in [6.45, 7) is 0. The number of carboxylic acids is 1. The summed E-state index contributed by atoms with van der Waals surface area (Å²) >= 11 is 5.97. The van der Waals surface area contributed by atoms with Crippen LogP contribution in [0.1, 0.15) is 50.0 Å². The van der Waals surface area contributed by atoms with Gasteiger partial charge in [-0.3, -0.25) is 4.79 Å². The molecule has 0 aromatic heterocycles. The van der Waals surface area contributed by atoms with E-state index in [9.17, 15) is 9.90 Å². The summed E-state index contributed by atoms with van der Waals surface area (Å²) in [6.07, 6.45) is 6.80. The van der Waals surface area contributed by atoms with Crippen molar-refractivity contribution in [3.8, 4) is 0 Å². The topological polar surface area (TPSA) is 37.3 Å².